The summed E-state index contributed by atoms with van der Waals surface area (Å²) in [5, 5.41) is 10.9. The molecule has 1 aliphatic rings. The third-order valence-electron chi connectivity index (χ3n) is 4.64. The molecule has 0 fully saturated rings. The highest BCUT2D eigenvalue weighted by molar-refractivity contribution is 5.27. The number of rotatable bonds is 7. The van der Waals surface area contributed by atoms with E-state index in [0.29, 0.717) is 32.8 Å². The zero-order chi connectivity index (χ0) is 20.1. The van der Waals surface area contributed by atoms with Crippen molar-refractivity contribution in [1.82, 2.24) is 9.55 Å². The molecule has 8 heteroatoms. The quantitative estimate of drug-likeness (QED) is 0.447. The average molecular weight is 395 g/mol. The Morgan fingerprint density at radius 3 is 2.62 bits per heavy atom. The van der Waals surface area contributed by atoms with Crippen molar-refractivity contribution in [1.29, 1.82) is 0 Å². The number of nitrogens with zero attached hydrogens (tertiary/aromatic N) is 3. The number of aromatic nitrogens is 2. The maximum atomic E-state index is 10.9. The SMILES string of the molecule is O=[N+]([O-])c1cn2c(n1)OCCC(OCc1ccc(OCc3ccccc3)cc1)C2. The van der Waals surface area contributed by atoms with E-state index in [9.17, 15) is 10.1 Å². The highest BCUT2D eigenvalue weighted by atomic mass is 16.6. The molecular formula is C21H21N3O5. The Bertz CT molecular complexity index is 956. The first-order valence-corrected chi connectivity index (χ1v) is 9.39. The van der Waals surface area contributed by atoms with E-state index in [1.807, 2.05) is 54.6 Å². The van der Waals surface area contributed by atoms with E-state index in [0.717, 1.165) is 16.9 Å². The van der Waals surface area contributed by atoms with Gasteiger partial charge in [0, 0.05) is 11.4 Å². The van der Waals surface area contributed by atoms with Gasteiger partial charge < -0.3 is 24.3 Å². The van der Waals surface area contributed by atoms with E-state index < -0.39 is 4.92 Å². The topological polar surface area (TPSA) is 88.7 Å². The minimum atomic E-state index is -0.526. The maximum absolute atomic E-state index is 10.9. The molecule has 0 spiro atoms. The lowest BCUT2D eigenvalue weighted by molar-refractivity contribution is -0.389. The summed E-state index contributed by atoms with van der Waals surface area (Å²) in [5.74, 6) is 0.586. The van der Waals surface area contributed by atoms with Crippen LogP contribution in [0, 0.1) is 10.1 Å². The Kier molecular flexibility index (Phi) is 5.71. The monoisotopic (exact) mass is 395 g/mol. The molecule has 0 amide bonds. The summed E-state index contributed by atoms with van der Waals surface area (Å²) in [5.41, 5.74) is 2.15. The van der Waals surface area contributed by atoms with Crippen molar-refractivity contribution in [2.45, 2.75) is 32.3 Å². The van der Waals surface area contributed by atoms with Gasteiger partial charge >= 0.3 is 11.8 Å². The molecule has 0 aliphatic carbocycles. The summed E-state index contributed by atoms with van der Waals surface area (Å²) in [6.45, 7) is 1.84. The predicted molar refractivity (Wildman–Crippen MR) is 105 cm³/mol. The van der Waals surface area contributed by atoms with Crippen LogP contribution in [0.4, 0.5) is 5.82 Å². The molecule has 3 aromatic rings. The van der Waals surface area contributed by atoms with E-state index in [2.05, 4.69) is 4.98 Å². The smallest absolute Gasteiger partial charge is 0.414 e. The summed E-state index contributed by atoms with van der Waals surface area (Å²) in [4.78, 5) is 14.2. The largest absolute Gasteiger partial charge is 0.489 e. The number of fused-ring (bicyclic) bond motifs is 1. The van der Waals surface area contributed by atoms with Crippen LogP contribution >= 0.6 is 0 Å². The molecule has 1 atom stereocenters. The number of hydrogen-bond acceptors (Lipinski definition) is 6. The van der Waals surface area contributed by atoms with Crippen LogP contribution < -0.4 is 9.47 Å². The molecule has 0 saturated carbocycles. The number of imidazole rings is 1. The fraction of sp³-hybridized carbons (Fsp3) is 0.286. The van der Waals surface area contributed by atoms with Gasteiger partial charge in [-0.15, -0.1) is 0 Å². The maximum Gasteiger partial charge on any atom is 0.414 e. The second kappa shape index (κ2) is 8.74. The van der Waals surface area contributed by atoms with Crippen molar-refractivity contribution in [2.24, 2.45) is 0 Å². The van der Waals surface area contributed by atoms with E-state index in [1.165, 1.54) is 6.20 Å². The summed E-state index contributed by atoms with van der Waals surface area (Å²) >= 11 is 0. The molecule has 1 unspecified atom stereocenters. The zero-order valence-electron chi connectivity index (χ0n) is 15.8. The first kappa shape index (κ1) is 18.9. The molecule has 1 aliphatic heterocycles. The molecule has 0 N–H and O–H groups in total. The molecule has 2 aromatic carbocycles. The van der Waals surface area contributed by atoms with Gasteiger partial charge in [0.15, 0.2) is 0 Å². The molecule has 8 nitrogen and oxygen atoms in total. The normalized spacial score (nSPS) is 15.8. The van der Waals surface area contributed by atoms with Crippen LogP contribution in [-0.4, -0.2) is 27.2 Å². The van der Waals surface area contributed by atoms with E-state index in [-0.39, 0.29) is 17.9 Å². The number of ether oxygens (including phenoxy) is 3. The van der Waals surface area contributed by atoms with Crippen molar-refractivity contribution >= 4 is 5.82 Å². The third kappa shape index (κ3) is 4.91. The van der Waals surface area contributed by atoms with Crippen LogP contribution in [0.1, 0.15) is 17.5 Å². The van der Waals surface area contributed by atoms with E-state index in [1.54, 1.807) is 4.57 Å². The number of benzene rings is 2. The lowest BCUT2D eigenvalue weighted by Gasteiger charge is -2.15. The second-order valence-corrected chi connectivity index (χ2v) is 6.78. The molecule has 29 heavy (non-hydrogen) atoms. The number of nitro groups is 1. The first-order chi connectivity index (χ1) is 14.2. The Balaban J connectivity index is 1.30. The zero-order valence-corrected chi connectivity index (χ0v) is 15.8. The molecular weight excluding hydrogens is 374 g/mol. The van der Waals surface area contributed by atoms with Gasteiger partial charge in [-0.2, -0.15) is 0 Å². The molecule has 0 bridgehead atoms. The molecule has 1 aromatic heterocycles. The van der Waals surface area contributed by atoms with E-state index in [4.69, 9.17) is 14.2 Å². The van der Waals surface area contributed by atoms with Crippen LogP contribution in [0.5, 0.6) is 11.8 Å². The minimum Gasteiger partial charge on any atom is -0.489 e. The molecule has 150 valence electrons. The molecule has 2 heterocycles. The van der Waals surface area contributed by atoms with E-state index >= 15 is 0 Å². The van der Waals surface area contributed by atoms with Crippen LogP contribution in [0.15, 0.2) is 60.8 Å². The molecule has 0 saturated heterocycles. The van der Waals surface area contributed by atoms with Crippen LogP contribution in [-0.2, 0) is 24.5 Å². The Morgan fingerprint density at radius 2 is 1.86 bits per heavy atom. The molecule has 4 rings (SSSR count). The second-order valence-electron chi connectivity index (χ2n) is 6.78. The van der Waals surface area contributed by atoms with Crippen LogP contribution in [0.3, 0.4) is 0 Å². The highest BCUT2D eigenvalue weighted by Gasteiger charge is 2.26. The van der Waals surface area contributed by atoms with Gasteiger partial charge in [-0.1, -0.05) is 42.5 Å². The summed E-state index contributed by atoms with van der Waals surface area (Å²) in [7, 11) is 0. The van der Waals surface area contributed by atoms with Crippen molar-refractivity contribution in [3.63, 3.8) is 0 Å². The summed E-state index contributed by atoms with van der Waals surface area (Å²) < 4.78 is 18.9. The Morgan fingerprint density at radius 1 is 1.10 bits per heavy atom. The Labute approximate surface area is 167 Å². The Hall–Kier alpha value is -3.39. The van der Waals surface area contributed by atoms with Crippen molar-refractivity contribution < 1.29 is 19.1 Å². The van der Waals surface area contributed by atoms with Crippen molar-refractivity contribution in [3.05, 3.63) is 82.0 Å². The summed E-state index contributed by atoms with van der Waals surface area (Å²) in [6, 6.07) is 18.1. The fourth-order valence-electron chi connectivity index (χ4n) is 3.08. The van der Waals surface area contributed by atoms with Gasteiger partial charge in [0.2, 0.25) is 0 Å². The fourth-order valence-corrected chi connectivity index (χ4v) is 3.08. The van der Waals surface area contributed by atoms with Gasteiger partial charge in [0.05, 0.1) is 25.9 Å². The molecule has 0 radical (unpaired) electrons. The van der Waals surface area contributed by atoms with Crippen molar-refractivity contribution in [2.75, 3.05) is 6.61 Å². The number of hydrogen-bond donors (Lipinski definition) is 0. The van der Waals surface area contributed by atoms with Gasteiger partial charge in [-0.25, -0.2) is 0 Å². The first-order valence-electron chi connectivity index (χ1n) is 9.39. The van der Waals surface area contributed by atoms with Gasteiger partial charge in [0.1, 0.15) is 18.6 Å². The van der Waals surface area contributed by atoms with Gasteiger partial charge in [-0.3, -0.25) is 4.57 Å². The van der Waals surface area contributed by atoms with Crippen LogP contribution in [0.2, 0.25) is 0 Å². The lowest BCUT2D eigenvalue weighted by atomic mass is 10.2. The van der Waals surface area contributed by atoms with Gasteiger partial charge in [0.25, 0.3) is 0 Å². The standard InChI is InChI=1S/C21H21N3O5/c25-24(26)20-13-23-12-19(10-11-27-21(23)22-20)29-15-17-6-8-18(9-7-17)28-14-16-4-2-1-3-5-16/h1-9,13,19H,10-12,14-15H2. The predicted octanol–water partition coefficient (Wildman–Crippen LogP) is 3.74. The third-order valence-corrected chi connectivity index (χ3v) is 4.64. The average Bonchev–Trinajstić information content (AvgIpc) is 3.05. The minimum absolute atomic E-state index is 0.112. The highest BCUT2D eigenvalue weighted by Crippen LogP contribution is 2.23. The van der Waals surface area contributed by atoms with Gasteiger partial charge in [-0.05, 0) is 28.2 Å². The van der Waals surface area contributed by atoms with Crippen molar-refractivity contribution in [3.8, 4) is 11.8 Å². The summed E-state index contributed by atoms with van der Waals surface area (Å²) in [6.07, 6.45) is 1.96. The lowest BCUT2D eigenvalue weighted by Crippen LogP contribution is -2.19. The van der Waals surface area contributed by atoms with Crippen LogP contribution in [0.25, 0.3) is 0 Å².